The molecule has 3 aromatic rings. The van der Waals surface area contributed by atoms with Crippen LogP contribution in [0.5, 0.6) is 0 Å². The topological polar surface area (TPSA) is 80.1 Å². The van der Waals surface area contributed by atoms with Gasteiger partial charge in [-0.3, -0.25) is 14.4 Å². The normalized spacial score (nSPS) is 22.9. The molecule has 2 unspecified atom stereocenters. The van der Waals surface area contributed by atoms with E-state index in [1.54, 1.807) is 44.4 Å². The number of amides is 1. The average molecular weight is 728 g/mol. The maximum absolute atomic E-state index is 15.4. The number of morpholine rings is 1. The second-order valence-corrected chi connectivity index (χ2v) is 15.4. The lowest BCUT2D eigenvalue weighted by Crippen LogP contribution is -2.70. The Morgan fingerprint density at radius 1 is 1.08 bits per heavy atom. The van der Waals surface area contributed by atoms with Crippen LogP contribution in [0, 0.1) is 11.6 Å². The van der Waals surface area contributed by atoms with Gasteiger partial charge >= 0.3 is 18.0 Å². The van der Waals surface area contributed by atoms with Crippen LogP contribution < -0.4 is 10.6 Å². The van der Waals surface area contributed by atoms with Gasteiger partial charge in [0.2, 0.25) is 0 Å². The van der Waals surface area contributed by atoms with Gasteiger partial charge in [0.25, 0.3) is 0 Å². The first-order chi connectivity index (χ1) is 23.0. The fourth-order valence-electron chi connectivity index (χ4n) is 6.95. The minimum Gasteiger partial charge on any atom is -0.444 e. The van der Waals surface area contributed by atoms with Gasteiger partial charge < -0.3 is 14.4 Å². The number of alkyl halides is 3. The zero-order valence-electron chi connectivity index (χ0n) is 27.7. The zero-order chi connectivity index (χ0) is 35.6. The molecule has 0 radical (unpaired) electrons. The van der Waals surface area contributed by atoms with Gasteiger partial charge in [-0.25, -0.2) is 18.4 Å². The zero-order valence-corrected chi connectivity index (χ0v) is 29.4. The first kappa shape index (κ1) is 35.7. The van der Waals surface area contributed by atoms with Crippen LogP contribution in [0.4, 0.5) is 32.6 Å². The van der Waals surface area contributed by atoms with Crippen molar-refractivity contribution in [1.82, 2.24) is 19.4 Å². The van der Waals surface area contributed by atoms with Crippen molar-refractivity contribution in [1.29, 1.82) is 0 Å². The van der Waals surface area contributed by atoms with Gasteiger partial charge in [-0.1, -0.05) is 0 Å². The number of rotatable bonds is 7. The van der Waals surface area contributed by atoms with Gasteiger partial charge in [-0.2, -0.15) is 30.8 Å². The molecule has 3 aliphatic rings. The number of carbonyl (C=O) groups is 1. The van der Waals surface area contributed by atoms with Crippen molar-refractivity contribution in [3.05, 3.63) is 51.9 Å². The number of thiol groups is 1. The third-order valence-electron chi connectivity index (χ3n) is 9.14. The number of fused-ring (bicyclic) bond motifs is 2. The van der Waals surface area contributed by atoms with Crippen LogP contribution in [0.25, 0.3) is 22.0 Å². The molecule has 0 N–H and O–H groups in total. The number of ether oxygens (including phenoxy) is 2. The largest absolute Gasteiger partial charge is 0.444 e. The number of thioether (sulfide) groups is 1. The van der Waals surface area contributed by atoms with Gasteiger partial charge in [-0.05, 0) is 52.8 Å². The molecule has 0 aliphatic carbocycles. The molecule has 9 nitrogen and oxygen atoms in total. The minimum absolute atomic E-state index is 0.00603. The van der Waals surface area contributed by atoms with E-state index in [1.165, 1.54) is 4.57 Å². The summed E-state index contributed by atoms with van der Waals surface area (Å²) in [4.78, 5) is 36.9. The van der Waals surface area contributed by atoms with E-state index >= 15 is 17.6 Å². The van der Waals surface area contributed by atoms with Crippen molar-refractivity contribution in [2.45, 2.75) is 82.1 Å². The Hall–Kier alpha value is -3.08. The number of aromatic nitrogens is 2. The van der Waals surface area contributed by atoms with E-state index < -0.39 is 64.0 Å². The molecule has 0 saturated carbocycles. The van der Waals surface area contributed by atoms with Gasteiger partial charge in [-0.15, -0.1) is 11.8 Å². The molecule has 266 valence electrons. The number of likely N-dealkylation sites (tertiary alicyclic amines) is 1. The molecule has 3 aliphatic heterocycles. The Balaban J connectivity index is 1.55. The van der Waals surface area contributed by atoms with Crippen LogP contribution in [0.2, 0.25) is 0 Å². The van der Waals surface area contributed by atoms with Crippen LogP contribution in [0.15, 0.2) is 34.0 Å². The third-order valence-corrected chi connectivity index (χ3v) is 10.3. The summed E-state index contributed by atoms with van der Waals surface area (Å²) in [7, 11) is 0. The third kappa shape index (κ3) is 6.85. The Morgan fingerprint density at radius 3 is 2.31 bits per heavy atom. The van der Waals surface area contributed by atoms with E-state index in [9.17, 15) is 14.0 Å². The lowest BCUT2D eigenvalue weighted by Gasteiger charge is -2.55. The smallest absolute Gasteiger partial charge is 0.417 e. The molecule has 16 heteroatoms. The molecule has 4 atom stereocenters. The molecular weight excluding hydrogens is 690 g/mol. The molecule has 3 saturated heterocycles. The monoisotopic (exact) mass is 727 g/mol. The van der Waals surface area contributed by atoms with E-state index in [2.05, 4.69) is 22.5 Å². The first-order valence-corrected chi connectivity index (χ1v) is 17.6. The number of piperazine rings is 1. The van der Waals surface area contributed by atoms with Crippen molar-refractivity contribution in [3.8, 4) is 11.1 Å². The molecule has 0 bridgehead atoms. The fraction of sp³-hybridized carbons (Fsp3) is 0.545. The van der Waals surface area contributed by atoms with Crippen LogP contribution in [-0.2, 0) is 22.2 Å². The molecule has 4 heterocycles. The highest BCUT2D eigenvalue weighted by atomic mass is 32.2. The maximum atomic E-state index is 15.4. The van der Waals surface area contributed by atoms with Crippen molar-refractivity contribution in [2.75, 3.05) is 42.8 Å². The minimum atomic E-state index is -4.97. The van der Waals surface area contributed by atoms with Gasteiger partial charge in [0.05, 0.1) is 41.9 Å². The predicted octanol–water partition coefficient (Wildman–Crippen LogP) is 6.26. The summed E-state index contributed by atoms with van der Waals surface area (Å²) in [6.07, 6.45) is -5.36. The van der Waals surface area contributed by atoms with Gasteiger partial charge in [0, 0.05) is 65.3 Å². The molecule has 0 spiro atoms. The summed E-state index contributed by atoms with van der Waals surface area (Å²) in [5.74, 6) is -2.09. The fourth-order valence-corrected chi connectivity index (χ4v) is 8.19. The highest BCUT2D eigenvalue weighted by Gasteiger charge is 2.47. The van der Waals surface area contributed by atoms with E-state index in [1.807, 2.05) is 0 Å². The Labute approximate surface area is 290 Å². The van der Waals surface area contributed by atoms with Crippen LogP contribution in [-0.4, -0.2) is 93.1 Å². The Morgan fingerprint density at radius 2 is 1.78 bits per heavy atom. The average Bonchev–Trinajstić information content (AvgIpc) is 2.96. The quantitative estimate of drug-likeness (QED) is 0.132. The van der Waals surface area contributed by atoms with Crippen LogP contribution in [0.3, 0.4) is 0 Å². The summed E-state index contributed by atoms with van der Waals surface area (Å²) >= 11 is 5.24. The summed E-state index contributed by atoms with van der Waals surface area (Å²) < 4.78 is 86.9. The second-order valence-electron chi connectivity index (χ2n) is 13.7. The van der Waals surface area contributed by atoms with Gasteiger partial charge in [0.15, 0.2) is 0 Å². The van der Waals surface area contributed by atoms with Crippen molar-refractivity contribution >= 4 is 47.2 Å². The number of carbonyl (C=O) groups excluding carboxylic acids is 1. The second kappa shape index (κ2) is 13.2. The SMILES string of the molecule is C[C@@H]1CN(c2nc(=O)n(CCN3CC4OCC43)c3c(SCS)c(-c4ccc(F)cc4F)c(C(F)(F)F)cc23)C[C@H](C)N1C(=O)OC(C)(C)C. The lowest BCUT2D eigenvalue weighted by atomic mass is 9.94. The van der Waals surface area contributed by atoms with Crippen LogP contribution in [0.1, 0.15) is 40.2 Å². The molecule has 3 fully saturated rings. The number of anilines is 1. The standard InChI is InChI=1S/C33H38F5N5O4S2/c1-17-12-41(13-18(2)43(17)31(45)47-32(3,4)5)29-21-11-22(33(36,37)38)26(20-7-6-19(34)10-23(20)35)28(49-16-48)27(21)42(30(44)39-29)9-8-40-14-25-24(40)15-46-25/h6-7,10-11,17-18,24-25,48H,8-9,12-16H2,1-5H3/t17-,18+,24?,25?. The summed E-state index contributed by atoms with van der Waals surface area (Å²) in [6, 6.07) is 2.62. The number of hydrogen-bond donors (Lipinski definition) is 1. The highest BCUT2D eigenvalue weighted by molar-refractivity contribution is 8.09. The number of benzene rings is 2. The number of halogens is 5. The molecule has 2 aromatic carbocycles. The van der Waals surface area contributed by atoms with E-state index in [-0.39, 0.29) is 58.5 Å². The number of nitrogens with zero attached hydrogens (tertiary/aromatic N) is 5. The van der Waals surface area contributed by atoms with Crippen molar-refractivity contribution < 1.29 is 36.2 Å². The maximum Gasteiger partial charge on any atom is 0.417 e. The molecule has 1 amide bonds. The van der Waals surface area contributed by atoms with Crippen molar-refractivity contribution in [2.24, 2.45) is 0 Å². The Kier molecular flexibility index (Phi) is 9.65. The highest BCUT2D eigenvalue weighted by Crippen LogP contribution is 2.48. The van der Waals surface area contributed by atoms with E-state index in [4.69, 9.17) is 9.47 Å². The van der Waals surface area contributed by atoms with Crippen LogP contribution >= 0.6 is 24.4 Å². The first-order valence-electron chi connectivity index (χ1n) is 16.0. The Bertz CT molecular complexity index is 1820. The lowest BCUT2D eigenvalue weighted by molar-refractivity contribution is -0.214. The van der Waals surface area contributed by atoms with E-state index in [0.29, 0.717) is 25.8 Å². The molecular formula is C33H38F5N5O4S2. The van der Waals surface area contributed by atoms with Crippen molar-refractivity contribution in [3.63, 3.8) is 0 Å². The van der Waals surface area contributed by atoms with Gasteiger partial charge in [0.1, 0.15) is 23.1 Å². The summed E-state index contributed by atoms with van der Waals surface area (Å²) in [5, 5.41) is 0.0366. The predicted molar refractivity (Wildman–Crippen MR) is 180 cm³/mol. The summed E-state index contributed by atoms with van der Waals surface area (Å²) in [6.45, 7) is 10.9. The molecule has 6 rings (SSSR count). The number of hydrogen-bond acceptors (Lipinski definition) is 9. The summed E-state index contributed by atoms with van der Waals surface area (Å²) in [5.41, 5.74) is -3.40. The molecule has 1 aromatic heterocycles. The van der Waals surface area contributed by atoms with E-state index in [0.717, 1.165) is 30.0 Å². The molecule has 49 heavy (non-hydrogen) atoms.